The minimum Gasteiger partial charge on any atom is -0.317 e. The maximum Gasteiger partial charge on any atom is -0.00178 e. The minimum atomic E-state index is 1.01. The summed E-state index contributed by atoms with van der Waals surface area (Å²) < 4.78 is 0. The third-order valence-corrected chi connectivity index (χ3v) is 4.36. The molecule has 0 saturated heterocycles. The fourth-order valence-corrected chi connectivity index (χ4v) is 2.90. The molecule has 1 aliphatic carbocycles. The Hall–Kier alpha value is -0.0800. The van der Waals surface area contributed by atoms with Crippen LogP contribution in [0.4, 0.5) is 0 Å². The topological polar surface area (TPSA) is 24.1 Å². The van der Waals surface area contributed by atoms with E-state index in [4.69, 9.17) is 0 Å². The molecule has 1 fully saturated rings. The van der Waals surface area contributed by atoms with Gasteiger partial charge in [0.2, 0.25) is 0 Å². The van der Waals surface area contributed by atoms with E-state index >= 15 is 0 Å². The monoisotopic (exact) mass is 268 g/mol. The van der Waals surface area contributed by atoms with E-state index < -0.39 is 0 Å². The fourth-order valence-electron chi connectivity index (χ4n) is 2.90. The van der Waals surface area contributed by atoms with Gasteiger partial charge in [-0.1, -0.05) is 58.8 Å². The average Bonchev–Trinajstić information content (AvgIpc) is 3.16. The summed E-state index contributed by atoms with van der Waals surface area (Å²) in [6.07, 6.45) is 12.9. The lowest BCUT2D eigenvalue weighted by Gasteiger charge is -2.05. The van der Waals surface area contributed by atoms with Gasteiger partial charge in [0.1, 0.15) is 0 Å². The van der Waals surface area contributed by atoms with Gasteiger partial charge < -0.3 is 10.6 Å². The predicted octanol–water partition coefficient (Wildman–Crippen LogP) is 3.96. The van der Waals surface area contributed by atoms with Gasteiger partial charge in [0.25, 0.3) is 0 Å². The Bertz CT molecular complexity index is 174. The Balaban J connectivity index is 1.76. The molecule has 1 rings (SSSR count). The number of hydrogen-bond donors (Lipinski definition) is 2. The maximum absolute atomic E-state index is 3.61. The van der Waals surface area contributed by atoms with Crippen molar-refractivity contribution in [2.24, 2.45) is 11.8 Å². The first-order valence-corrected chi connectivity index (χ1v) is 8.79. The number of rotatable bonds is 14. The van der Waals surface area contributed by atoms with Crippen LogP contribution >= 0.6 is 0 Å². The van der Waals surface area contributed by atoms with Crippen LogP contribution < -0.4 is 10.6 Å². The second kappa shape index (κ2) is 11.7. The fraction of sp³-hybridized carbons (Fsp3) is 1.00. The van der Waals surface area contributed by atoms with Crippen molar-refractivity contribution in [1.82, 2.24) is 10.6 Å². The molecule has 114 valence electrons. The van der Waals surface area contributed by atoms with E-state index in [-0.39, 0.29) is 0 Å². The van der Waals surface area contributed by atoms with Gasteiger partial charge in [-0.25, -0.2) is 0 Å². The van der Waals surface area contributed by atoms with Crippen molar-refractivity contribution in [2.45, 2.75) is 71.6 Å². The normalized spacial score (nSPS) is 21.8. The summed E-state index contributed by atoms with van der Waals surface area (Å²) >= 11 is 0. The summed E-state index contributed by atoms with van der Waals surface area (Å²) in [4.78, 5) is 0. The smallest absolute Gasteiger partial charge is 0.00178 e. The standard InChI is InChI=1S/C17H36N2/c1-3-5-6-7-8-9-11-16-14-17(16)15-19-13-10-12-18-4-2/h16-19H,3-15H2,1-2H3. The number of nitrogens with one attached hydrogen (secondary N) is 2. The molecule has 2 nitrogen and oxygen atoms in total. The summed E-state index contributed by atoms with van der Waals surface area (Å²) in [5.74, 6) is 2.07. The summed E-state index contributed by atoms with van der Waals surface area (Å²) in [6, 6.07) is 0. The first-order chi connectivity index (χ1) is 9.38. The minimum absolute atomic E-state index is 1.01. The molecule has 0 radical (unpaired) electrons. The zero-order valence-corrected chi connectivity index (χ0v) is 13.3. The third-order valence-electron chi connectivity index (χ3n) is 4.36. The zero-order chi connectivity index (χ0) is 13.8. The molecule has 0 bridgehead atoms. The summed E-state index contributed by atoms with van der Waals surface area (Å²) in [5.41, 5.74) is 0. The van der Waals surface area contributed by atoms with Gasteiger partial charge in [-0.15, -0.1) is 0 Å². The van der Waals surface area contributed by atoms with Crippen molar-refractivity contribution in [3.63, 3.8) is 0 Å². The maximum atomic E-state index is 3.61. The van der Waals surface area contributed by atoms with Crippen molar-refractivity contribution < 1.29 is 0 Å². The average molecular weight is 268 g/mol. The molecule has 0 spiro atoms. The van der Waals surface area contributed by atoms with Crippen LogP contribution in [0.1, 0.15) is 71.6 Å². The van der Waals surface area contributed by atoms with E-state index in [0.717, 1.165) is 24.9 Å². The summed E-state index contributed by atoms with van der Waals surface area (Å²) in [6.45, 7) is 9.18. The van der Waals surface area contributed by atoms with Crippen molar-refractivity contribution in [3.8, 4) is 0 Å². The van der Waals surface area contributed by atoms with Crippen LogP contribution in [-0.2, 0) is 0 Å². The summed E-state index contributed by atoms with van der Waals surface area (Å²) in [7, 11) is 0. The highest BCUT2D eigenvalue weighted by Gasteiger charge is 2.35. The Morgan fingerprint density at radius 3 is 2.32 bits per heavy atom. The van der Waals surface area contributed by atoms with Crippen molar-refractivity contribution in [1.29, 1.82) is 0 Å². The van der Waals surface area contributed by atoms with Crippen LogP contribution in [0.5, 0.6) is 0 Å². The number of hydrogen-bond acceptors (Lipinski definition) is 2. The largest absolute Gasteiger partial charge is 0.317 e. The van der Waals surface area contributed by atoms with Crippen molar-refractivity contribution >= 4 is 0 Å². The molecule has 0 aliphatic heterocycles. The van der Waals surface area contributed by atoms with Gasteiger partial charge in [0, 0.05) is 0 Å². The van der Waals surface area contributed by atoms with E-state index in [9.17, 15) is 0 Å². The summed E-state index contributed by atoms with van der Waals surface area (Å²) in [5, 5.41) is 6.98. The Morgan fingerprint density at radius 1 is 0.789 bits per heavy atom. The van der Waals surface area contributed by atoms with Gasteiger partial charge in [-0.3, -0.25) is 0 Å². The van der Waals surface area contributed by atoms with Crippen LogP contribution in [0.2, 0.25) is 0 Å². The van der Waals surface area contributed by atoms with E-state index in [1.54, 1.807) is 0 Å². The van der Waals surface area contributed by atoms with Crippen LogP contribution in [0.15, 0.2) is 0 Å². The lowest BCUT2D eigenvalue weighted by molar-refractivity contribution is 0.525. The SMILES string of the molecule is CCCCCCCCC1CC1CNCCCNCC. The van der Waals surface area contributed by atoms with E-state index in [2.05, 4.69) is 24.5 Å². The predicted molar refractivity (Wildman–Crippen MR) is 85.6 cm³/mol. The molecule has 2 atom stereocenters. The molecular formula is C17H36N2. The number of unbranched alkanes of at least 4 members (excludes halogenated alkanes) is 5. The van der Waals surface area contributed by atoms with Gasteiger partial charge in [0.05, 0.1) is 0 Å². The van der Waals surface area contributed by atoms with Crippen LogP contribution in [0.25, 0.3) is 0 Å². The Morgan fingerprint density at radius 2 is 1.53 bits per heavy atom. The van der Waals surface area contributed by atoms with E-state index in [1.165, 1.54) is 70.9 Å². The van der Waals surface area contributed by atoms with E-state index in [0.29, 0.717) is 0 Å². The van der Waals surface area contributed by atoms with Gasteiger partial charge >= 0.3 is 0 Å². The highest BCUT2D eigenvalue weighted by atomic mass is 14.9. The lowest BCUT2D eigenvalue weighted by atomic mass is 10.1. The Labute approximate surface area is 121 Å². The molecule has 2 unspecified atom stereocenters. The van der Waals surface area contributed by atoms with Crippen molar-refractivity contribution in [2.75, 3.05) is 26.2 Å². The third kappa shape index (κ3) is 9.45. The van der Waals surface area contributed by atoms with Crippen LogP contribution in [-0.4, -0.2) is 26.2 Å². The second-order valence-corrected chi connectivity index (χ2v) is 6.22. The molecule has 0 aromatic rings. The highest BCUT2D eigenvalue weighted by Crippen LogP contribution is 2.41. The molecule has 1 aliphatic rings. The first kappa shape index (κ1) is 17.0. The van der Waals surface area contributed by atoms with Gasteiger partial charge in [-0.2, -0.15) is 0 Å². The van der Waals surface area contributed by atoms with E-state index in [1.807, 2.05) is 0 Å². The van der Waals surface area contributed by atoms with Crippen LogP contribution in [0, 0.1) is 11.8 Å². The highest BCUT2D eigenvalue weighted by molar-refractivity contribution is 4.87. The molecule has 1 saturated carbocycles. The molecular weight excluding hydrogens is 232 g/mol. The lowest BCUT2D eigenvalue weighted by Crippen LogP contribution is -2.23. The first-order valence-electron chi connectivity index (χ1n) is 8.79. The molecule has 19 heavy (non-hydrogen) atoms. The van der Waals surface area contributed by atoms with Crippen molar-refractivity contribution in [3.05, 3.63) is 0 Å². The van der Waals surface area contributed by atoms with Gasteiger partial charge in [-0.05, 0) is 50.9 Å². The Kier molecular flexibility index (Phi) is 10.5. The second-order valence-electron chi connectivity index (χ2n) is 6.22. The zero-order valence-electron chi connectivity index (χ0n) is 13.3. The molecule has 2 N–H and O–H groups in total. The van der Waals surface area contributed by atoms with Crippen LogP contribution in [0.3, 0.4) is 0 Å². The quantitative estimate of drug-likeness (QED) is 0.466. The molecule has 0 aromatic heterocycles. The molecule has 0 amide bonds. The molecule has 2 heteroatoms. The molecule has 0 heterocycles. The molecule has 0 aromatic carbocycles. The van der Waals surface area contributed by atoms with Gasteiger partial charge in [0.15, 0.2) is 0 Å².